The number of amides is 1. The van der Waals surface area contributed by atoms with Crippen LogP contribution in [0.25, 0.3) is 0 Å². The molecule has 0 radical (unpaired) electrons. The lowest BCUT2D eigenvalue weighted by atomic mass is 10.1. The van der Waals surface area contributed by atoms with Gasteiger partial charge < -0.3 is 28.5 Å². The van der Waals surface area contributed by atoms with E-state index in [4.69, 9.17) is 13.8 Å². The molecule has 66 heavy (non-hydrogen) atoms. The van der Waals surface area contributed by atoms with Gasteiger partial charge in [0.2, 0.25) is 5.91 Å². The van der Waals surface area contributed by atoms with Gasteiger partial charge in [-0.05, 0) is 76.7 Å². The van der Waals surface area contributed by atoms with Crippen LogP contribution in [0.5, 0.6) is 0 Å². The quantitative estimate of drug-likeness (QED) is 0.0161. The molecule has 1 N–H and O–H groups in total. The molecule has 0 saturated heterocycles. The minimum absolute atomic E-state index is 0.0290. The molecule has 0 bridgehead atoms. The zero-order chi connectivity index (χ0) is 48.7. The number of hydrogen-bond acceptors (Lipinski definition) is 7. The molecule has 1 amide bonds. The summed E-state index contributed by atoms with van der Waals surface area (Å²) in [5.74, 6) is -0.570. The zero-order valence-electron chi connectivity index (χ0n) is 43.4. The van der Waals surface area contributed by atoms with Crippen molar-refractivity contribution < 1.29 is 37.3 Å². The van der Waals surface area contributed by atoms with Crippen molar-refractivity contribution in [3.05, 3.63) is 72.9 Å². The maximum absolute atomic E-state index is 13.4. The maximum atomic E-state index is 13.4. The SMILES string of the molecule is CC/C=C/C=C/C=C/CCCCCCCCCC(=O)NC(COP(=O)([O-])OCC[N+](C)(C)C)C(/C=C/CCCCCCCCCCC)OC(=O)CCCCCCCCC/C=C/C/C=C/CC. The minimum Gasteiger partial charge on any atom is -0.756 e. The van der Waals surface area contributed by atoms with Gasteiger partial charge in [-0.1, -0.05) is 203 Å². The Kier molecular flexibility index (Phi) is 44.4. The van der Waals surface area contributed by atoms with Gasteiger partial charge in [-0.2, -0.15) is 0 Å². The molecular weight excluding hydrogens is 844 g/mol. The predicted octanol–water partition coefficient (Wildman–Crippen LogP) is 15.1. The third-order valence-corrected chi connectivity index (χ3v) is 12.4. The molecule has 0 aromatic heterocycles. The van der Waals surface area contributed by atoms with Crippen LogP contribution in [0.4, 0.5) is 0 Å². The average Bonchev–Trinajstić information content (AvgIpc) is 3.27. The first-order chi connectivity index (χ1) is 31.9. The monoisotopic (exact) mass is 945 g/mol. The summed E-state index contributed by atoms with van der Waals surface area (Å²) in [6.07, 6.45) is 57.2. The maximum Gasteiger partial charge on any atom is 0.306 e. The highest BCUT2D eigenvalue weighted by Gasteiger charge is 2.27. The number of nitrogens with zero attached hydrogens (tertiary/aromatic N) is 1. The lowest BCUT2D eigenvalue weighted by Crippen LogP contribution is -2.47. The van der Waals surface area contributed by atoms with E-state index >= 15 is 0 Å². The fraction of sp³-hybridized carbons (Fsp3) is 0.750. The summed E-state index contributed by atoms with van der Waals surface area (Å²) in [7, 11) is 1.16. The standard InChI is InChI=1S/C56H101N2O7P/c1-7-10-13-16-19-22-25-27-29-30-33-36-39-42-45-48-55(59)57-53(52-64-66(61,62)63-51-50-58(4,5)6)54(47-44-41-38-35-32-24-21-18-15-12-9-3)65-56(60)49-46-43-40-37-34-31-28-26-23-20-17-14-11-8-2/h10-11,13-14,16,19-20,22-23,25,44,47,53-54H,7-9,12,15,17-18,21,24,26-43,45-46,48-52H2,1-6H3,(H-,57,59,61,62)/b13-10+,14-11+,19-16+,23-20+,25-22+,47-44+. The molecule has 3 atom stereocenters. The van der Waals surface area contributed by atoms with E-state index in [1.54, 1.807) is 0 Å². The molecule has 0 aliphatic rings. The Bertz CT molecular complexity index is 1370. The smallest absolute Gasteiger partial charge is 0.306 e. The number of hydrogen-bond donors (Lipinski definition) is 1. The van der Waals surface area contributed by atoms with Crippen LogP contribution < -0.4 is 10.2 Å². The zero-order valence-corrected chi connectivity index (χ0v) is 44.3. The van der Waals surface area contributed by atoms with E-state index < -0.39 is 26.6 Å². The summed E-state index contributed by atoms with van der Waals surface area (Å²) in [4.78, 5) is 39.7. The number of rotatable bonds is 47. The normalized spacial score (nSPS) is 14.5. The van der Waals surface area contributed by atoms with E-state index in [9.17, 15) is 19.0 Å². The van der Waals surface area contributed by atoms with Gasteiger partial charge in [0.05, 0.1) is 33.8 Å². The topological polar surface area (TPSA) is 114 Å². The molecule has 0 rings (SSSR count). The molecule has 10 heteroatoms. The van der Waals surface area contributed by atoms with Crippen LogP contribution in [0.3, 0.4) is 0 Å². The molecule has 0 aliphatic carbocycles. The molecule has 0 heterocycles. The summed E-state index contributed by atoms with van der Waals surface area (Å²) in [6, 6.07) is -0.898. The predicted molar refractivity (Wildman–Crippen MR) is 279 cm³/mol. The van der Waals surface area contributed by atoms with Gasteiger partial charge in [0.25, 0.3) is 7.82 Å². The van der Waals surface area contributed by atoms with E-state index in [0.717, 1.165) is 103 Å². The minimum atomic E-state index is -4.70. The van der Waals surface area contributed by atoms with Crippen molar-refractivity contribution >= 4 is 19.7 Å². The van der Waals surface area contributed by atoms with Crippen LogP contribution >= 0.6 is 7.82 Å². The molecule has 0 fully saturated rings. The largest absolute Gasteiger partial charge is 0.756 e. The summed E-state index contributed by atoms with van der Waals surface area (Å²) >= 11 is 0. The van der Waals surface area contributed by atoms with Gasteiger partial charge in [0, 0.05) is 12.8 Å². The van der Waals surface area contributed by atoms with Gasteiger partial charge in [0.1, 0.15) is 19.3 Å². The highest BCUT2D eigenvalue weighted by Crippen LogP contribution is 2.38. The number of esters is 1. The Morgan fingerprint density at radius 3 is 1.61 bits per heavy atom. The van der Waals surface area contributed by atoms with Crippen LogP contribution in [0.15, 0.2) is 72.9 Å². The number of carbonyl (C=O) groups is 2. The molecule has 3 unspecified atom stereocenters. The lowest BCUT2D eigenvalue weighted by molar-refractivity contribution is -0.870. The van der Waals surface area contributed by atoms with E-state index in [0.29, 0.717) is 17.4 Å². The Balaban J connectivity index is 5.41. The number of phosphoric ester groups is 1. The van der Waals surface area contributed by atoms with Crippen molar-refractivity contribution in [1.82, 2.24) is 5.32 Å². The van der Waals surface area contributed by atoms with E-state index in [1.807, 2.05) is 33.3 Å². The van der Waals surface area contributed by atoms with E-state index in [-0.39, 0.29) is 24.9 Å². The van der Waals surface area contributed by atoms with Crippen molar-refractivity contribution in [2.24, 2.45) is 0 Å². The first-order valence-corrected chi connectivity index (χ1v) is 28.2. The van der Waals surface area contributed by atoms with E-state index in [2.05, 4.69) is 86.8 Å². The lowest BCUT2D eigenvalue weighted by Gasteiger charge is -2.30. The fourth-order valence-electron chi connectivity index (χ4n) is 7.32. The van der Waals surface area contributed by atoms with Crippen molar-refractivity contribution in [2.75, 3.05) is 40.9 Å². The van der Waals surface area contributed by atoms with Crippen molar-refractivity contribution in [1.29, 1.82) is 0 Å². The molecule has 0 aromatic rings. The number of allylic oxidation sites excluding steroid dienone is 11. The third kappa shape index (κ3) is 46.6. The Morgan fingerprint density at radius 2 is 1.05 bits per heavy atom. The summed E-state index contributed by atoms with van der Waals surface area (Å²) < 4.78 is 30.1. The highest BCUT2D eigenvalue weighted by molar-refractivity contribution is 7.45. The Hall–Kier alpha value is -2.55. The summed E-state index contributed by atoms with van der Waals surface area (Å²) in [5.41, 5.74) is 0. The van der Waals surface area contributed by atoms with Crippen LogP contribution in [-0.2, 0) is 27.9 Å². The van der Waals surface area contributed by atoms with Gasteiger partial charge in [-0.15, -0.1) is 0 Å². The molecule has 0 spiro atoms. The summed E-state index contributed by atoms with van der Waals surface area (Å²) in [5, 5.41) is 3.00. The molecule has 0 saturated carbocycles. The van der Waals surface area contributed by atoms with Crippen molar-refractivity contribution in [3.63, 3.8) is 0 Å². The second kappa shape index (κ2) is 46.2. The Morgan fingerprint density at radius 1 is 0.561 bits per heavy atom. The second-order valence-corrected chi connectivity index (χ2v) is 20.4. The van der Waals surface area contributed by atoms with Gasteiger partial charge in [-0.3, -0.25) is 14.2 Å². The van der Waals surface area contributed by atoms with Gasteiger partial charge in [0.15, 0.2) is 0 Å². The number of phosphoric acid groups is 1. The van der Waals surface area contributed by atoms with Crippen molar-refractivity contribution in [3.8, 4) is 0 Å². The first-order valence-electron chi connectivity index (χ1n) is 26.8. The molecule has 0 aromatic carbocycles. The number of ether oxygens (including phenoxy) is 1. The van der Waals surface area contributed by atoms with Crippen LogP contribution in [0.2, 0.25) is 0 Å². The molecule has 0 aliphatic heterocycles. The highest BCUT2D eigenvalue weighted by atomic mass is 31.2. The number of carbonyl (C=O) groups excluding carboxylic acids is 2. The Labute approximate surface area is 406 Å². The number of nitrogens with one attached hydrogen (secondary N) is 1. The van der Waals surface area contributed by atoms with Crippen LogP contribution in [0, 0.1) is 0 Å². The number of quaternary nitrogens is 1. The molecule has 382 valence electrons. The molecular formula is C56H101N2O7P. The number of unbranched alkanes of at least 4 members (excludes halogenated alkanes) is 23. The first kappa shape index (κ1) is 63.5. The average molecular weight is 945 g/mol. The van der Waals surface area contributed by atoms with E-state index in [1.165, 1.54) is 83.5 Å². The third-order valence-electron chi connectivity index (χ3n) is 11.4. The molecule has 9 nitrogen and oxygen atoms in total. The van der Waals surface area contributed by atoms with Crippen LogP contribution in [0.1, 0.15) is 220 Å². The second-order valence-electron chi connectivity index (χ2n) is 19.0. The number of likely N-dealkylation sites (N-methyl/N-ethyl adjacent to an activating group) is 1. The van der Waals surface area contributed by atoms with Crippen LogP contribution in [-0.4, -0.2) is 69.4 Å². The van der Waals surface area contributed by atoms with Crippen molar-refractivity contribution in [2.45, 2.75) is 232 Å². The van der Waals surface area contributed by atoms with Gasteiger partial charge >= 0.3 is 5.97 Å². The van der Waals surface area contributed by atoms with Gasteiger partial charge in [-0.25, -0.2) is 0 Å². The fourth-order valence-corrected chi connectivity index (χ4v) is 8.05. The summed E-state index contributed by atoms with van der Waals surface area (Å²) in [6.45, 7) is 6.57.